The van der Waals surface area contributed by atoms with Crippen LogP contribution in [0.25, 0.3) is 21.5 Å². The van der Waals surface area contributed by atoms with Gasteiger partial charge in [-0.25, -0.2) is 0 Å². The number of benzene rings is 3. The minimum atomic E-state index is -0.315. The molecular weight excluding hydrogens is 326 g/mol. The van der Waals surface area contributed by atoms with E-state index in [4.69, 9.17) is 4.74 Å². The number of aromatic hydroxyl groups is 1. The number of rotatable bonds is 6. The minimum Gasteiger partial charge on any atom is -0.508 e. The van der Waals surface area contributed by atoms with Gasteiger partial charge >= 0.3 is 5.97 Å². The van der Waals surface area contributed by atoms with E-state index < -0.39 is 0 Å². The molecule has 0 spiro atoms. The van der Waals surface area contributed by atoms with Gasteiger partial charge in [0.2, 0.25) is 0 Å². The molecule has 4 heteroatoms. The van der Waals surface area contributed by atoms with Gasteiger partial charge in [-0.05, 0) is 58.4 Å². The topological polar surface area (TPSA) is 49.8 Å². The second-order valence-corrected chi connectivity index (χ2v) is 6.54. The lowest BCUT2D eigenvalue weighted by molar-refractivity contribution is -0.147. The van der Waals surface area contributed by atoms with Crippen LogP contribution >= 0.6 is 0 Å². The van der Waals surface area contributed by atoms with Crippen LogP contribution in [0.15, 0.2) is 48.5 Å². The summed E-state index contributed by atoms with van der Waals surface area (Å²) in [4.78, 5) is 13.9. The molecule has 0 aromatic heterocycles. The minimum absolute atomic E-state index is 0.245. The fourth-order valence-electron chi connectivity index (χ4n) is 3.38. The number of nitrogens with zero attached hydrogens (tertiary/aromatic N) is 1. The summed E-state index contributed by atoms with van der Waals surface area (Å²) in [7, 11) is 0. The number of hydrogen-bond acceptors (Lipinski definition) is 4. The maximum atomic E-state index is 11.6. The van der Waals surface area contributed by atoms with Crippen molar-refractivity contribution in [2.45, 2.75) is 26.9 Å². The smallest absolute Gasteiger partial charge is 0.303 e. The Labute approximate surface area is 154 Å². The first-order valence-electron chi connectivity index (χ1n) is 9.06. The van der Waals surface area contributed by atoms with Gasteiger partial charge < -0.3 is 9.84 Å². The van der Waals surface area contributed by atoms with Crippen LogP contribution in [0.5, 0.6) is 5.75 Å². The van der Waals surface area contributed by atoms with Gasteiger partial charge in [-0.3, -0.25) is 9.69 Å². The molecule has 0 aliphatic heterocycles. The fraction of sp³-hybridized carbons (Fsp3) is 0.318. The van der Waals surface area contributed by atoms with E-state index in [2.05, 4.69) is 36.9 Å². The quantitative estimate of drug-likeness (QED) is 0.519. The molecule has 26 heavy (non-hydrogen) atoms. The van der Waals surface area contributed by atoms with E-state index in [0.29, 0.717) is 6.54 Å². The van der Waals surface area contributed by atoms with E-state index >= 15 is 0 Å². The standard InChI is InChI=1S/C22H25NO3/c1-4-23(5-2)14-22(26-15(3)24)18-9-8-16-6-7-17-10-11-19(25)13-21(17)20(16)12-18/h6-13,22,25H,4-5,14H2,1-3H3/t22-/m1/s1. The van der Waals surface area contributed by atoms with Crippen LogP contribution in [0.1, 0.15) is 32.4 Å². The monoisotopic (exact) mass is 351 g/mol. The molecule has 0 unspecified atom stereocenters. The van der Waals surface area contributed by atoms with Crippen LogP contribution < -0.4 is 0 Å². The number of hydrogen-bond donors (Lipinski definition) is 1. The first-order chi connectivity index (χ1) is 12.5. The second kappa shape index (κ2) is 7.75. The first-order valence-corrected chi connectivity index (χ1v) is 9.06. The van der Waals surface area contributed by atoms with E-state index in [-0.39, 0.29) is 17.8 Å². The highest BCUT2D eigenvalue weighted by Gasteiger charge is 2.18. The molecule has 3 rings (SSSR count). The average Bonchev–Trinajstić information content (AvgIpc) is 2.64. The molecule has 0 fully saturated rings. The van der Waals surface area contributed by atoms with Crippen LogP contribution in [-0.4, -0.2) is 35.6 Å². The largest absolute Gasteiger partial charge is 0.508 e. The normalized spacial score (nSPS) is 12.6. The Bertz CT molecular complexity index is 931. The molecule has 1 N–H and O–H groups in total. The summed E-state index contributed by atoms with van der Waals surface area (Å²) in [6.45, 7) is 8.12. The predicted molar refractivity (Wildman–Crippen MR) is 105 cm³/mol. The summed E-state index contributed by atoms with van der Waals surface area (Å²) in [6.07, 6.45) is -0.315. The zero-order valence-corrected chi connectivity index (χ0v) is 15.5. The molecule has 0 saturated heterocycles. The molecule has 0 bridgehead atoms. The Kier molecular flexibility index (Phi) is 5.43. The number of likely N-dealkylation sites (N-methyl/N-ethyl adjacent to an activating group) is 1. The van der Waals surface area contributed by atoms with Crippen molar-refractivity contribution in [3.63, 3.8) is 0 Å². The number of fused-ring (bicyclic) bond motifs is 3. The maximum absolute atomic E-state index is 11.6. The van der Waals surface area contributed by atoms with Gasteiger partial charge in [0.25, 0.3) is 0 Å². The van der Waals surface area contributed by atoms with Crippen molar-refractivity contribution in [2.75, 3.05) is 19.6 Å². The third-order valence-electron chi connectivity index (χ3n) is 4.85. The van der Waals surface area contributed by atoms with Crippen LogP contribution in [0.3, 0.4) is 0 Å². The van der Waals surface area contributed by atoms with Gasteiger partial charge in [0.1, 0.15) is 11.9 Å². The molecule has 3 aromatic rings. The Morgan fingerprint density at radius 2 is 1.58 bits per heavy atom. The summed E-state index contributed by atoms with van der Waals surface area (Å²) in [5.74, 6) is -0.0344. The summed E-state index contributed by atoms with van der Waals surface area (Å²) < 4.78 is 5.63. The van der Waals surface area contributed by atoms with Crippen molar-refractivity contribution in [3.8, 4) is 5.75 Å². The Morgan fingerprint density at radius 3 is 2.19 bits per heavy atom. The molecular formula is C22H25NO3. The number of carbonyl (C=O) groups excluding carboxylic acids is 1. The number of carbonyl (C=O) groups is 1. The van der Waals surface area contributed by atoms with Crippen molar-refractivity contribution < 1.29 is 14.6 Å². The molecule has 0 radical (unpaired) electrons. The van der Waals surface area contributed by atoms with Crippen LogP contribution in [0, 0.1) is 0 Å². The molecule has 4 nitrogen and oxygen atoms in total. The van der Waals surface area contributed by atoms with Crippen molar-refractivity contribution in [1.82, 2.24) is 4.90 Å². The van der Waals surface area contributed by atoms with Gasteiger partial charge in [0.05, 0.1) is 0 Å². The number of esters is 1. The summed E-state index contributed by atoms with van der Waals surface area (Å²) in [5, 5.41) is 14.1. The molecule has 3 aromatic carbocycles. The lowest BCUT2D eigenvalue weighted by Crippen LogP contribution is -2.30. The molecule has 136 valence electrons. The highest BCUT2D eigenvalue weighted by molar-refractivity contribution is 6.08. The highest BCUT2D eigenvalue weighted by Crippen LogP contribution is 2.31. The Balaban J connectivity index is 2.10. The zero-order chi connectivity index (χ0) is 18.7. The van der Waals surface area contributed by atoms with Gasteiger partial charge in [-0.15, -0.1) is 0 Å². The third kappa shape index (κ3) is 3.81. The number of phenols is 1. The van der Waals surface area contributed by atoms with Crippen LogP contribution in [0.4, 0.5) is 0 Å². The van der Waals surface area contributed by atoms with E-state index in [1.165, 1.54) is 6.92 Å². The zero-order valence-electron chi connectivity index (χ0n) is 15.5. The van der Waals surface area contributed by atoms with E-state index in [9.17, 15) is 9.90 Å². The van der Waals surface area contributed by atoms with Gasteiger partial charge in [0.15, 0.2) is 0 Å². The van der Waals surface area contributed by atoms with Crippen molar-refractivity contribution >= 4 is 27.5 Å². The maximum Gasteiger partial charge on any atom is 0.303 e. The lowest BCUT2D eigenvalue weighted by atomic mass is 9.98. The molecule has 1 atom stereocenters. The average molecular weight is 351 g/mol. The summed E-state index contributed by atoms with van der Waals surface area (Å²) in [6, 6.07) is 15.7. The lowest BCUT2D eigenvalue weighted by Gasteiger charge is -2.25. The predicted octanol–water partition coefficient (Wildman–Crippen LogP) is 4.64. The highest BCUT2D eigenvalue weighted by atomic mass is 16.5. The summed E-state index contributed by atoms with van der Waals surface area (Å²) in [5.41, 5.74) is 0.968. The number of ether oxygens (including phenoxy) is 1. The molecule has 0 heterocycles. The van der Waals surface area contributed by atoms with Crippen molar-refractivity contribution in [1.29, 1.82) is 0 Å². The van der Waals surface area contributed by atoms with Gasteiger partial charge in [-0.2, -0.15) is 0 Å². The Morgan fingerprint density at radius 1 is 1.00 bits per heavy atom. The van der Waals surface area contributed by atoms with Gasteiger partial charge in [0, 0.05) is 13.5 Å². The number of phenolic OH excluding ortho intramolecular Hbond substituents is 1. The van der Waals surface area contributed by atoms with E-state index in [0.717, 1.165) is 40.2 Å². The molecule has 0 saturated carbocycles. The molecule has 0 amide bonds. The fourth-order valence-corrected chi connectivity index (χ4v) is 3.38. The van der Waals surface area contributed by atoms with Crippen LogP contribution in [0.2, 0.25) is 0 Å². The second-order valence-electron chi connectivity index (χ2n) is 6.54. The Hall–Kier alpha value is -2.59. The molecule has 0 aliphatic carbocycles. The van der Waals surface area contributed by atoms with E-state index in [1.807, 2.05) is 18.2 Å². The van der Waals surface area contributed by atoms with Crippen LogP contribution in [-0.2, 0) is 9.53 Å². The molecule has 0 aliphatic rings. The first kappa shape index (κ1) is 18.2. The SMILES string of the molecule is CCN(CC)C[C@@H](OC(C)=O)c1ccc2ccc3ccc(O)cc3c2c1. The van der Waals surface area contributed by atoms with E-state index in [1.54, 1.807) is 12.1 Å². The van der Waals surface area contributed by atoms with Crippen molar-refractivity contribution in [3.05, 3.63) is 54.1 Å². The summed E-state index contributed by atoms with van der Waals surface area (Å²) >= 11 is 0. The van der Waals surface area contributed by atoms with Gasteiger partial charge in [-0.1, -0.05) is 44.2 Å². The third-order valence-corrected chi connectivity index (χ3v) is 4.85. The van der Waals surface area contributed by atoms with Crippen molar-refractivity contribution in [2.24, 2.45) is 0 Å².